The van der Waals surface area contributed by atoms with E-state index < -0.39 is 35.7 Å². The van der Waals surface area contributed by atoms with Gasteiger partial charge in [0.05, 0.1) is 0 Å². The summed E-state index contributed by atoms with van der Waals surface area (Å²) in [7, 11) is 0. The Bertz CT molecular complexity index is 1050. The molecule has 1 saturated heterocycles. The molecule has 1 fully saturated rings. The van der Waals surface area contributed by atoms with E-state index in [2.05, 4.69) is 10.6 Å². The Kier molecular flexibility index (Phi) is 7.01. The van der Waals surface area contributed by atoms with Gasteiger partial charge in [-0.05, 0) is 51.1 Å². The molecule has 0 radical (unpaired) electrons. The minimum atomic E-state index is -1.16. The summed E-state index contributed by atoms with van der Waals surface area (Å²) in [6.45, 7) is 5.10. The van der Waals surface area contributed by atoms with Crippen molar-refractivity contribution in [2.45, 2.75) is 44.9 Å². The van der Waals surface area contributed by atoms with E-state index in [0.717, 1.165) is 4.90 Å². The first-order chi connectivity index (χ1) is 15.5. The number of anilines is 1. The third-order valence-electron chi connectivity index (χ3n) is 4.97. The van der Waals surface area contributed by atoms with Crippen molar-refractivity contribution in [2.75, 3.05) is 11.9 Å². The number of carbonyl (C=O) groups is 4. The lowest BCUT2D eigenvalue weighted by Gasteiger charge is -2.26. The van der Waals surface area contributed by atoms with Gasteiger partial charge in [0, 0.05) is 35.8 Å². The number of aliphatic carboxylic acids is 1. The second kappa shape index (κ2) is 9.72. The zero-order chi connectivity index (χ0) is 24.2. The summed E-state index contributed by atoms with van der Waals surface area (Å²) >= 11 is 0. The highest BCUT2D eigenvalue weighted by Gasteiger charge is 2.42. The lowest BCUT2D eigenvalue weighted by atomic mass is 10.1. The van der Waals surface area contributed by atoms with Crippen LogP contribution in [0.25, 0.3) is 0 Å². The Morgan fingerprint density at radius 3 is 2.27 bits per heavy atom. The van der Waals surface area contributed by atoms with Crippen LogP contribution in [-0.2, 0) is 9.53 Å². The summed E-state index contributed by atoms with van der Waals surface area (Å²) in [5.41, 5.74) is 0.456. The topological polar surface area (TPSA) is 125 Å². The molecular formula is C24H27N3O6. The number of amides is 3. The normalized spacial score (nSPS) is 17.8. The molecule has 2 atom stereocenters. The maximum atomic E-state index is 12.8. The molecule has 9 heteroatoms. The van der Waals surface area contributed by atoms with Gasteiger partial charge in [-0.3, -0.25) is 14.5 Å². The van der Waals surface area contributed by atoms with Crippen LogP contribution >= 0.6 is 0 Å². The Hall–Kier alpha value is -3.88. The largest absolute Gasteiger partial charge is 0.480 e. The van der Waals surface area contributed by atoms with Crippen molar-refractivity contribution in [1.82, 2.24) is 10.2 Å². The predicted molar refractivity (Wildman–Crippen MR) is 121 cm³/mol. The average Bonchev–Trinajstić information content (AvgIpc) is 3.18. The first-order valence-corrected chi connectivity index (χ1v) is 10.5. The molecule has 3 N–H and O–H groups in total. The molecule has 0 spiro atoms. The molecule has 0 aromatic heterocycles. The maximum Gasteiger partial charge on any atom is 0.411 e. The molecule has 0 saturated carbocycles. The number of rotatable bonds is 5. The summed E-state index contributed by atoms with van der Waals surface area (Å²) < 4.78 is 5.30. The van der Waals surface area contributed by atoms with Crippen LogP contribution in [0.4, 0.5) is 10.5 Å². The molecule has 1 heterocycles. The summed E-state index contributed by atoms with van der Waals surface area (Å²) in [4.78, 5) is 50.3. The fourth-order valence-corrected chi connectivity index (χ4v) is 3.50. The number of hydrogen-bond acceptors (Lipinski definition) is 5. The van der Waals surface area contributed by atoms with E-state index in [1.165, 1.54) is 6.07 Å². The number of ether oxygens (including phenoxy) is 1. The Balaban J connectivity index is 1.66. The van der Waals surface area contributed by atoms with Crippen molar-refractivity contribution < 1.29 is 29.0 Å². The highest BCUT2D eigenvalue weighted by Crippen LogP contribution is 2.22. The molecule has 1 aliphatic rings. The standard InChI is InChI=1S/C24H27N3O6/c1-24(2,3)33-23(32)27-14-18(13-19(27)22(30)31)26-21(29)16-10-7-11-17(12-16)25-20(28)15-8-5-4-6-9-15/h4-12,18-19H,13-14H2,1-3H3,(H,25,28)(H,26,29)(H,30,31)/t18-,19-/m0/s1. The van der Waals surface area contributed by atoms with E-state index in [9.17, 15) is 24.3 Å². The third kappa shape index (κ3) is 6.31. The Labute approximate surface area is 191 Å². The fraction of sp³-hybridized carbons (Fsp3) is 0.333. The predicted octanol–water partition coefficient (Wildman–Crippen LogP) is 3.13. The maximum absolute atomic E-state index is 12.8. The lowest BCUT2D eigenvalue weighted by molar-refractivity contribution is -0.142. The van der Waals surface area contributed by atoms with E-state index in [1.54, 1.807) is 63.2 Å². The van der Waals surface area contributed by atoms with Crippen LogP contribution in [0.5, 0.6) is 0 Å². The van der Waals surface area contributed by atoms with Gasteiger partial charge in [-0.25, -0.2) is 9.59 Å². The molecule has 33 heavy (non-hydrogen) atoms. The Morgan fingerprint density at radius 2 is 1.64 bits per heavy atom. The van der Waals surface area contributed by atoms with Gasteiger partial charge >= 0.3 is 12.1 Å². The molecule has 0 aliphatic carbocycles. The van der Waals surface area contributed by atoms with E-state index in [-0.39, 0.29) is 18.9 Å². The number of carboxylic acid groups (broad SMARTS) is 1. The van der Waals surface area contributed by atoms with Gasteiger partial charge in [0.1, 0.15) is 11.6 Å². The van der Waals surface area contributed by atoms with Crippen LogP contribution in [-0.4, -0.2) is 58.1 Å². The van der Waals surface area contributed by atoms with E-state index >= 15 is 0 Å². The second-order valence-corrected chi connectivity index (χ2v) is 8.79. The van der Waals surface area contributed by atoms with Gasteiger partial charge in [-0.2, -0.15) is 0 Å². The van der Waals surface area contributed by atoms with Crippen LogP contribution in [0.1, 0.15) is 47.9 Å². The van der Waals surface area contributed by atoms with Crippen molar-refractivity contribution in [2.24, 2.45) is 0 Å². The number of benzene rings is 2. The Morgan fingerprint density at radius 1 is 0.970 bits per heavy atom. The quantitative estimate of drug-likeness (QED) is 0.639. The number of nitrogens with one attached hydrogen (secondary N) is 2. The van der Waals surface area contributed by atoms with Crippen LogP contribution in [0.3, 0.4) is 0 Å². The zero-order valence-electron chi connectivity index (χ0n) is 18.7. The second-order valence-electron chi connectivity index (χ2n) is 8.79. The van der Waals surface area contributed by atoms with Crippen LogP contribution in [0.15, 0.2) is 54.6 Å². The van der Waals surface area contributed by atoms with Crippen molar-refractivity contribution in [1.29, 1.82) is 0 Å². The van der Waals surface area contributed by atoms with Gasteiger partial charge < -0.3 is 20.5 Å². The molecule has 0 bridgehead atoms. The third-order valence-corrected chi connectivity index (χ3v) is 4.97. The van der Waals surface area contributed by atoms with Crippen LogP contribution in [0.2, 0.25) is 0 Å². The molecule has 2 aromatic carbocycles. The highest BCUT2D eigenvalue weighted by atomic mass is 16.6. The van der Waals surface area contributed by atoms with Gasteiger partial charge in [0.25, 0.3) is 11.8 Å². The van der Waals surface area contributed by atoms with Gasteiger partial charge in [-0.1, -0.05) is 24.3 Å². The first kappa shape index (κ1) is 23.8. The van der Waals surface area contributed by atoms with Crippen LogP contribution < -0.4 is 10.6 Å². The number of hydrogen-bond donors (Lipinski definition) is 3. The molecule has 9 nitrogen and oxygen atoms in total. The highest BCUT2D eigenvalue weighted by molar-refractivity contribution is 6.05. The smallest absolute Gasteiger partial charge is 0.411 e. The minimum Gasteiger partial charge on any atom is -0.480 e. The van der Waals surface area contributed by atoms with Crippen molar-refractivity contribution in [3.63, 3.8) is 0 Å². The summed E-state index contributed by atoms with van der Waals surface area (Å²) in [6, 6.07) is 13.4. The molecular weight excluding hydrogens is 426 g/mol. The molecule has 2 aromatic rings. The summed E-state index contributed by atoms with van der Waals surface area (Å²) in [5.74, 6) is -1.91. The SMILES string of the molecule is CC(C)(C)OC(=O)N1C[C@@H](NC(=O)c2cccc(NC(=O)c3ccccc3)c2)C[C@H]1C(=O)O. The molecule has 174 valence electrons. The van der Waals surface area contributed by atoms with Gasteiger partial charge in [-0.15, -0.1) is 0 Å². The van der Waals surface area contributed by atoms with Crippen molar-refractivity contribution in [3.8, 4) is 0 Å². The number of carbonyl (C=O) groups excluding carboxylic acids is 3. The van der Waals surface area contributed by atoms with E-state index in [4.69, 9.17) is 4.74 Å². The minimum absolute atomic E-state index is 0.0159. The zero-order valence-corrected chi connectivity index (χ0v) is 18.7. The van der Waals surface area contributed by atoms with E-state index in [0.29, 0.717) is 16.8 Å². The van der Waals surface area contributed by atoms with E-state index in [1.807, 2.05) is 6.07 Å². The fourth-order valence-electron chi connectivity index (χ4n) is 3.50. The molecule has 0 unspecified atom stereocenters. The number of likely N-dealkylation sites (tertiary alicyclic amines) is 1. The van der Waals surface area contributed by atoms with Crippen molar-refractivity contribution >= 4 is 29.6 Å². The number of nitrogens with zero attached hydrogens (tertiary/aromatic N) is 1. The average molecular weight is 453 g/mol. The van der Waals surface area contributed by atoms with Gasteiger partial charge in [0.15, 0.2) is 0 Å². The molecule has 3 rings (SSSR count). The first-order valence-electron chi connectivity index (χ1n) is 10.5. The monoisotopic (exact) mass is 453 g/mol. The summed E-state index contributed by atoms with van der Waals surface area (Å²) in [5, 5.41) is 15.0. The number of carboxylic acids is 1. The van der Waals surface area contributed by atoms with Crippen LogP contribution in [0, 0.1) is 0 Å². The molecule has 3 amide bonds. The van der Waals surface area contributed by atoms with Gasteiger partial charge in [0.2, 0.25) is 0 Å². The van der Waals surface area contributed by atoms with Crippen molar-refractivity contribution in [3.05, 3.63) is 65.7 Å². The summed E-state index contributed by atoms with van der Waals surface area (Å²) in [6.07, 6.45) is -0.678. The molecule has 1 aliphatic heterocycles. The lowest BCUT2D eigenvalue weighted by Crippen LogP contribution is -2.44.